The molecule has 0 N–H and O–H groups in total. The third kappa shape index (κ3) is 6.19. The van der Waals surface area contributed by atoms with E-state index in [0.29, 0.717) is 11.1 Å². The van der Waals surface area contributed by atoms with Crippen LogP contribution in [0.25, 0.3) is 33.4 Å². The molecule has 6 aromatic carbocycles. The molecule has 0 amide bonds. The van der Waals surface area contributed by atoms with Crippen LogP contribution in [0.1, 0.15) is 32.6 Å². The Balaban J connectivity index is 1.26. The number of aryl methyl sites for hydroxylation is 3. The van der Waals surface area contributed by atoms with E-state index in [-0.39, 0.29) is 5.78 Å². The maximum atomic E-state index is 13.9. The van der Waals surface area contributed by atoms with Gasteiger partial charge in [-0.25, -0.2) is 0 Å². The third-order valence-corrected chi connectivity index (χ3v) is 8.01. The molecular formula is C40H33BO. The molecule has 6 rings (SSSR count). The molecule has 0 radical (unpaired) electrons. The quantitative estimate of drug-likeness (QED) is 0.140. The van der Waals surface area contributed by atoms with Gasteiger partial charge in [0.15, 0.2) is 5.78 Å². The summed E-state index contributed by atoms with van der Waals surface area (Å²) in [7, 11) is 2.15. The molecule has 42 heavy (non-hydrogen) atoms. The SMILES string of the molecule is Bc1ccc(C)c(CCc2ccc(-c3cccc(C(=O)c4cc(-c5ccccc5)cc(-c5ccccc5)c4)c3)cc2)c1. The molecule has 0 saturated heterocycles. The summed E-state index contributed by atoms with van der Waals surface area (Å²) in [6.45, 7) is 2.19. The van der Waals surface area contributed by atoms with Crippen LogP contribution < -0.4 is 5.46 Å². The first kappa shape index (κ1) is 27.2. The molecule has 0 spiro atoms. The lowest BCUT2D eigenvalue weighted by molar-refractivity contribution is 0.103. The van der Waals surface area contributed by atoms with E-state index in [1.807, 2.05) is 66.7 Å². The Kier molecular flexibility index (Phi) is 7.97. The Hall–Kier alpha value is -4.95. The van der Waals surface area contributed by atoms with Gasteiger partial charge in [-0.15, -0.1) is 0 Å². The average molecular weight is 541 g/mol. The van der Waals surface area contributed by atoms with Gasteiger partial charge in [0.05, 0.1) is 0 Å². The highest BCUT2D eigenvalue weighted by molar-refractivity contribution is 6.32. The molecule has 6 aromatic rings. The van der Waals surface area contributed by atoms with Crippen LogP contribution in [-0.2, 0) is 12.8 Å². The lowest BCUT2D eigenvalue weighted by Crippen LogP contribution is -2.05. The molecule has 202 valence electrons. The maximum Gasteiger partial charge on any atom is 0.193 e. The highest BCUT2D eigenvalue weighted by atomic mass is 16.1. The highest BCUT2D eigenvalue weighted by Gasteiger charge is 2.14. The lowest BCUT2D eigenvalue weighted by atomic mass is 9.90. The predicted octanol–water partition coefficient (Wildman–Crippen LogP) is 8.27. The van der Waals surface area contributed by atoms with Crippen molar-refractivity contribution >= 4 is 19.1 Å². The van der Waals surface area contributed by atoms with Crippen molar-refractivity contribution in [2.75, 3.05) is 0 Å². The van der Waals surface area contributed by atoms with E-state index in [1.165, 1.54) is 22.2 Å². The first-order valence-electron chi connectivity index (χ1n) is 14.6. The topological polar surface area (TPSA) is 17.1 Å². The third-order valence-electron chi connectivity index (χ3n) is 8.01. The predicted molar refractivity (Wildman–Crippen MR) is 179 cm³/mol. The second-order valence-corrected chi connectivity index (χ2v) is 11.1. The highest BCUT2D eigenvalue weighted by Crippen LogP contribution is 2.30. The van der Waals surface area contributed by atoms with Crippen LogP contribution in [0.5, 0.6) is 0 Å². The summed E-state index contributed by atoms with van der Waals surface area (Å²) in [5.74, 6) is 0.0250. The van der Waals surface area contributed by atoms with Gasteiger partial charge >= 0.3 is 0 Å². The van der Waals surface area contributed by atoms with E-state index in [9.17, 15) is 4.79 Å². The van der Waals surface area contributed by atoms with Gasteiger partial charge in [0.1, 0.15) is 7.85 Å². The summed E-state index contributed by atoms with van der Waals surface area (Å²) >= 11 is 0. The summed E-state index contributed by atoms with van der Waals surface area (Å²) in [6, 6.07) is 50.2. The standard InChI is InChI=1S/C40H33BO/c1-28-15-22-39(41)27-33(28)21-18-29-16-19-32(20-17-29)34-13-8-14-35(23-34)40(42)38-25-36(30-9-4-2-5-10-30)24-37(26-38)31-11-6-3-7-12-31/h2-17,19-20,22-27H,18,21,41H2,1H3. The number of benzene rings is 6. The number of ketones is 1. The number of hydrogen-bond acceptors (Lipinski definition) is 1. The van der Waals surface area contributed by atoms with E-state index in [1.54, 1.807) is 0 Å². The zero-order valence-corrected chi connectivity index (χ0v) is 24.2. The monoisotopic (exact) mass is 540 g/mol. The Morgan fingerprint density at radius 3 is 1.71 bits per heavy atom. The Labute approximate surface area is 249 Å². The number of rotatable bonds is 8. The molecule has 0 bridgehead atoms. The molecule has 0 saturated carbocycles. The fourth-order valence-electron chi connectivity index (χ4n) is 5.57. The van der Waals surface area contributed by atoms with Crippen molar-refractivity contribution in [1.82, 2.24) is 0 Å². The molecule has 0 aromatic heterocycles. The van der Waals surface area contributed by atoms with E-state index < -0.39 is 0 Å². The Morgan fingerprint density at radius 2 is 1.07 bits per heavy atom. The first-order valence-corrected chi connectivity index (χ1v) is 14.6. The van der Waals surface area contributed by atoms with Gasteiger partial charge in [-0.3, -0.25) is 4.79 Å². The van der Waals surface area contributed by atoms with E-state index in [2.05, 4.69) is 93.6 Å². The molecule has 0 aliphatic heterocycles. The van der Waals surface area contributed by atoms with Gasteiger partial charge in [-0.1, -0.05) is 127 Å². The van der Waals surface area contributed by atoms with Crippen molar-refractivity contribution in [2.45, 2.75) is 19.8 Å². The molecule has 2 heteroatoms. The summed E-state index contributed by atoms with van der Waals surface area (Å²) in [5, 5.41) is 0. The number of carbonyl (C=O) groups is 1. The van der Waals surface area contributed by atoms with Crippen LogP contribution in [0.4, 0.5) is 0 Å². The first-order chi connectivity index (χ1) is 20.5. The van der Waals surface area contributed by atoms with Crippen LogP contribution >= 0.6 is 0 Å². The zero-order valence-electron chi connectivity index (χ0n) is 24.2. The van der Waals surface area contributed by atoms with Crippen molar-refractivity contribution in [2.24, 2.45) is 0 Å². The lowest BCUT2D eigenvalue weighted by Gasteiger charge is -2.12. The van der Waals surface area contributed by atoms with Gasteiger partial charge in [0, 0.05) is 11.1 Å². The molecule has 0 heterocycles. The van der Waals surface area contributed by atoms with E-state index >= 15 is 0 Å². The molecule has 1 nitrogen and oxygen atoms in total. The largest absolute Gasteiger partial charge is 0.289 e. The maximum absolute atomic E-state index is 13.9. The molecule has 0 fully saturated rings. The fourth-order valence-corrected chi connectivity index (χ4v) is 5.57. The van der Waals surface area contributed by atoms with Crippen molar-refractivity contribution in [3.05, 3.63) is 173 Å². The molecular weight excluding hydrogens is 507 g/mol. The average Bonchev–Trinajstić information content (AvgIpc) is 3.05. The normalized spacial score (nSPS) is 10.9. The summed E-state index contributed by atoms with van der Waals surface area (Å²) in [4.78, 5) is 13.9. The minimum Gasteiger partial charge on any atom is -0.289 e. The Morgan fingerprint density at radius 1 is 0.500 bits per heavy atom. The number of hydrogen-bond donors (Lipinski definition) is 0. The van der Waals surface area contributed by atoms with E-state index in [4.69, 9.17) is 0 Å². The van der Waals surface area contributed by atoms with Crippen LogP contribution in [0.2, 0.25) is 0 Å². The van der Waals surface area contributed by atoms with Gasteiger partial charge < -0.3 is 0 Å². The molecule has 0 aliphatic carbocycles. The summed E-state index contributed by atoms with van der Waals surface area (Å²) < 4.78 is 0. The van der Waals surface area contributed by atoms with Gasteiger partial charge in [0.25, 0.3) is 0 Å². The Bertz CT molecular complexity index is 1780. The zero-order chi connectivity index (χ0) is 28.9. The van der Waals surface area contributed by atoms with Gasteiger partial charge in [0.2, 0.25) is 0 Å². The molecule has 0 aliphatic rings. The van der Waals surface area contributed by atoms with Crippen LogP contribution in [0.15, 0.2) is 146 Å². The van der Waals surface area contributed by atoms with Crippen molar-refractivity contribution in [3.8, 4) is 33.4 Å². The second kappa shape index (κ2) is 12.3. The summed E-state index contributed by atoms with van der Waals surface area (Å²) in [5.41, 5.74) is 13.2. The van der Waals surface area contributed by atoms with Crippen molar-refractivity contribution in [1.29, 1.82) is 0 Å². The van der Waals surface area contributed by atoms with Crippen molar-refractivity contribution in [3.63, 3.8) is 0 Å². The van der Waals surface area contributed by atoms with Crippen LogP contribution in [-0.4, -0.2) is 13.6 Å². The molecule has 0 atom stereocenters. The second-order valence-electron chi connectivity index (χ2n) is 11.1. The molecule has 0 unspecified atom stereocenters. The van der Waals surface area contributed by atoms with Crippen molar-refractivity contribution < 1.29 is 4.79 Å². The van der Waals surface area contributed by atoms with Crippen LogP contribution in [0.3, 0.4) is 0 Å². The number of carbonyl (C=O) groups excluding carboxylic acids is 1. The van der Waals surface area contributed by atoms with Gasteiger partial charge in [-0.05, 0) is 94.1 Å². The van der Waals surface area contributed by atoms with Gasteiger partial charge in [-0.2, -0.15) is 0 Å². The summed E-state index contributed by atoms with van der Waals surface area (Å²) in [6.07, 6.45) is 2.04. The fraction of sp³-hybridized carbons (Fsp3) is 0.0750. The smallest absolute Gasteiger partial charge is 0.193 e. The minimum absolute atomic E-state index is 0.0250. The minimum atomic E-state index is 0.0250. The van der Waals surface area contributed by atoms with E-state index in [0.717, 1.165) is 46.2 Å². The van der Waals surface area contributed by atoms with Crippen LogP contribution in [0, 0.1) is 6.92 Å².